The molecule has 9 heteroatoms. The van der Waals surface area contributed by atoms with Crippen LogP contribution >= 0.6 is 0 Å². The lowest BCUT2D eigenvalue weighted by Gasteiger charge is -2.39. The fourth-order valence-electron chi connectivity index (χ4n) is 2.34. The van der Waals surface area contributed by atoms with Gasteiger partial charge in [0.05, 0.1) is 0 Å². The van der Waals surface area contributed by atoms with Crippen molar-refractivity contribution in [3.63, 3.8) is 0 Å². The van der Waals surface area contributed by atoms with Crippen molar-refractivity contribution >= 4 is 11.8 Å². The molecule has 2 rings (SSSR count). The van der Waals surface area contributed by atoms with Gasteiger partial charge in [0.25, 0.3) is 11.8 Å². The first kappa shape index (κ1) is 17.1. The van der Waals surface area contributed by atoms with E-state index in [1.807, 2.05) is 0 Å². The molecule has 1 aromatic carbocycles. The average molecular weight is 332 g/mol. The molecule has 0 radical (unpaired) electrons. The van der Waals surface area contributed by atoms with Gasteiger partial charge >= 0.3 is 6.36 Å². The number of ether oxygens (including phenoxy) is 1. The second kappa shape index (κ2) is 6.45. The minimum absolute atomic E-state index is 0.0168. The van der Waals surface area contributed by atoms with Crippen molar-refractivity contribution in [2.45, 2.75) is 32.2 Å². The number of carbonyl (C=O) groups excluding carboxylic acids is 2. The van der Waals surface area contributed by atoms with Crippen molar-refractivity contribution in [2.24, 2.45) is 0 Å². The van der Waals surface area contributed by atoms with Crippen molar-refractivity contribution in [3.05, 3.63) is 29.3 Å². The minimum atomic E-state index is -4.86. The number of benzene rings is 1. The summed E-state index contributed by atoms with van der Waals surface area (Å²) >= 11 is 0. The van der Waals surface area contributed by atoms with Gasteiger partial charge < -0.3 is 9.64 Å². The van der Waals surface area contributed by atoms with Crippen LogP contribution in [0.25, 0.3) is 0 Å². The summed E-state index contributed by atoms with van der Waals surface area (Å²) in [5.41, 5.74) is 1.75. The van der Waals surface area contributed by atoms with Crippen molar-refractivity contribution in [1.29, 1.82) is 0 Å². The number of hydrogen-bond donors (Lipinski definition) is 2. The number of aryl methyl sites for hydroxylation is 1. The fourth-order valence-corrected chi connectivity index (χ4v) is 2.34. The first-order valence-electron chi connectivity index (χ1n) is 6.90. The molecule has 1 atom stereocenters. The lowest BCUT2D eigenvalue weighted by Crippen LogP contribution is -2.57. The Morgan fingerprint density at radius 3 is 2.61 bits per heavy atom. The van der Waals surface area contributed by atoms with Crippen molar-refractivity contribution in [1.82, 2.24) is 10.4 Å². The molecule has 1 saturated heterocycles. The van der Waals surface area contributed by atoms with Crippen molar-refractivity contribution < 1.29 is 32.7 Å². The van der Waals surface area contributed by atoms with Gasteiger partial charge in [0.1, 0.15) is 11.8 Å². The average Bonchev–Trinajstić information content (AvgIpc) is 2.44. The normalized spacial score (nSPS) is 17.4. The van der Waals surface area contributed by atoms with Gasteiger partial charge in [-0.25, -0.2) is 5.48 Å². The second-order valence-corrected chi connectivity index (χ2v) is 5.00. The third-order valence-corrected chi connectivity index (χ3v) is 3.61. The monoisotopic (exact) mass is 332 g/mol. The first-order valence-corrected chi connectivity index (χ1v) is 6.90. The summed E-state index contributed by atoms with van der Waals surface area (Å²) in [6.07, 6.45) is -4.18. The predicted octanol–water partition coefficient (Wildman–Crippen LogP) is 1.87. The summed E-state index contributed by atoms with van der Waals surface area (Å²) < 4.78 is 41.3. The maximum absolute atomic E-state index is 12.4. The maximum Gasteiger partial charge on any atom is 0.573 e. The Morgan fingerprint density at radius 1 is 1.43 bits per heavy atom. The van der Waals surface area contributed by atoms with Crippen molar-refractivity contribution in [3.8, 4) is 5.75 Å². The molecular weight excluding hydrogens is 317 g/mol. The number of rotatable bonds is 4. The minimum Gasteiger partial charge on any atom is -0.405 e. The Morgan fingerprint density at radius 2 is 2.13 bits per heavy atom. The zero-order chi connectivity index (χ0) is 17.2. The lowest BCUT2D eigenvalue weighted by atomic mass is 9.99. The van der Waals surface area contributed by atoms with Crippen LogP contribution in [0.2, 0.25) is 0 Å². The predicted molar refractivity (Wildman–Crippen MR) is 71.9 cm³/mol. The van der Waals surface area contributed by atoms with Crippen LogP contribution in [0.4, 0.5) is 13.2 Å². The molecule has 2 amide bonds. The highest BCUT2D eigenvalue weighted by Crippen LogP contribution is 2.29. The van der Waals surface area contributed by atoms with E-state index in [9.17, 15) is 22.8 Å². The Bertz CT molecular complexity index is 619. The van der Waals surface area contributed by atoms with E-state index in [0.717, 1.165) is 6.07 Å². The van der Waals surface area contributed by atoms with E-state index in [1.54, 1.807) is 6.92 Å². The van der Waals surface area contributed by atoms with Gasteiger partial charge in [-0.3, -0.25) is 14.8 Å². The van der Waals surface area contributed by atoms with Crippen LogP contribution in [0.3, 0.4) is 0 Å². The number of likely N-dealkylation sites (tertiary alicyclic amines) is 1. The third kappa shape index (κ3) is 3.73. The molecule has 1 aromatic rings. The number of hydrogen-bond acceptors (Lipinski definition) is 4. The maximum atomic E-state index is 12.4. The molecule has 0 aromatic heterocycles. The van der Waals surface area contributed by atoms with E-state index in [4.69, 9.17) is 5.21 Å². The molecule has 0 saturated carbocycles. The molecule has 0 bridgehead atoms. The highest BCUT2D eigenvalue weighted by molar-refractivity contribution is 5.98. The smallest absolute Gasteiger partial charge is 0.405 e. The van der Waals surface area contributed by atoms with Gasteiger partial charge in [-0.2, -0.15) is 0 Å². The fraction of sp³-hybridized carbons (Fsp3) is 0.429. The van der Waals surface area contributed by atoms with Crippen LogP contribution in [0, 0.1) is 0 Å². The number of amides is 2. The molecule has 6 nitrogen and oxygen atoms in total. The van der Waals surface area contributed by atoms with E-state index < -0.39 is 30.0 Å². The van der Waals surface area contributed by atoms with E-state index in [1.165, 1.54) is 22.5 Å². The van der Waals surface area contributed by atoms with Crippen LogP contribution in [-0.2, 0) is 11.2 Å². The Labute approximate surface area is 129 Å². The van der Waals surface area contributed by atoms with E-state index in [2.05, 4.69) is 4.74 Å². The van der Waals surface area contributed by atoms with E-state index in [-0.39, 0.29) is 12.1 Å². The Hall–Kier alpha value is -2.29. The summed E-state index contributed by atoms with van der Waals surface area (Å²) in [5, 5.41) is 8.60. The topological polar surface area (TPSA) is 78.9 Å². The van der Waals surface area contributed by atoms with Gasteiger partial charge in [0.2, 0.25) is 0 Å². The molecule has 126 valence electrons. The summed E-state index contributed by atoms with van der Waals surface area (Å²) in [7, 11) is 0. The largest absolute Gasteiger partial charge is 0.573 e. The molecule has 0 unspecified atom stereocenters. The van der Waals surface area contributed by atoms with Crippen LogP contribution in [0.15, 0.2) is 18.2 Å². The number of nitrogens with one attached hydrogen (secondary N) is 1. The number of alkyl halides is 3. The molecule has 23 heavy (non-hydrogen) atoms. The SMILES string of the molecule is CCc1ccc(C(=O)N2CC[C@@H]2C(=O)NO)cc1OC(F)(F)F. The van der Waals surface area contributed by atoms with Crippen LogP contribution < -0.4 is 10.2 Å². The molecular formula is C14H15F3N2O4. The number of nitrogens with zero attached hydrogens (tertiary/aromatic N) is 1. The molecule has 2 N–H and O–H groups in total. The first-order chi connectivity index (χ1) is 10.8. The van der Waals surface area contributed by atoms with Crippen LogP contribution in [0.5, 0.6) is 5.75 Å². The summed E-state index contributed by atoms with van der Waals surface area (Å²) in [6, 6.07) is 2.96. The summed E-state index contributed by atoms with van der Waals surface area (Å²) in [4.78, 5) is 24.8. The zero-order valence-corrected chi connectivity index (χ0v) is 12.2. The van der Waals surface area contributed by atoms with Gasteiger partial charge in [0, 0.05) is 12.1 Å². The molecule has 1 heterocycles. The van der Waals surface area contributed by atoms with E-state index in [0.29, 0.717) is 18.4 Å². The van der Waals surface area contributed by atoms with Gasteiger partial charge in [-0.05, 0) is 30.5 Å². The highest BCUT2D eigenvalue weighted by atomic mass is 19.4. The quantitative estimate of drug-likeness (QED) is 0.652. The lowest BCUT2D eigenvalue weighted by molar-refractivity contribution is -0.274. The van der Waals surface area contributed by atoms with E-state index >= 15 is 0 Å². The van der Waals surface area contributed by atoms with Crippen LogP contribution in [0.1, 0.15) is 29.3 Å². The molecule has 1 aliphatic rings. The van der Waals surface area contributed by atoms with Gasteiger partial charge in [0.15, 0.2) is 0 Å². The number of hydroxylamine groups is 1. The molecule has 0 aliphatic carbocycles. The Kier molecular flexibility index (Phi) is 4.79. The van der Waals surface area contributed by atoms with Gasteiger partial charge in [-0.15, -0.1) is 13.2 Å². The third-order valence-electron chi connectivity index (χ3n) is 3.61. The standard InChI is InChI=1S/C14H15F3N2O4/c1-2-8-3-4-9(7-11(8)23-14(15,16)17)13(21)19-6-5-10(19)12(20)18-22/h3-4,7,10,22H,2,5-6H2,1H3,(H,18,20)/t10-/m1/s1. The zero-order valence-electron chi connectivity index (χ0n) is 12.2. The second-order valence-electron chi connectivity index (χ2n) is 5.00. The molecule has 1 fully saturated rings. The molecule has 1 aliphatic heterocycles. The number of carbonyl (C=O) groups is 2. The summed E-state index contributed by atoms with van der Waals surface area (Å²) in [5.74, 6) is -1.77. The number of halogens is 3. The van der Waals surface area contributed by atoms with Crippen molar-refractivity contribution in [2.75, 3.05) is 6.54 Å². The van der Waals surface area contributed by atoms with Gasteiger partial charge in [-0.1, -0.05) is 13.0 Å². The Balaban J connectivity index is 2.24. The van der Waals surface area contributed by atoms with Crippen LogP contribution in [-0.4, -0.2) is 40.9 Å². The summed E-state index contributed by atoms with van der Waals surface area (Å²) in [6.45, 7) is 1.94. The molecule has 0 spiro atoms. The highest BCUT2D eigenvalue weighted by Gasteiger charge is 2.38.